The lowest BCUT2D eigenvalue weighted by Crippen LogP contribution is -2.38. The fourth-order valence-corrected chi connectivity index (χ4v) is 5.78. The molecule has 0 aliphatic heterocycles. The van der Waals surface area contributed by atoms with Crippen LogP contribution in [0.3, 0.4) is 0 Å². The summed E-state index contributed by atoms with van der Waals surface area (Å²) in [6.07, 6.45) is 0.795. The summed E-state index contributed by atoms with van der Waals surface area (Å²) in [4.78, 5) is 41.8. The van der Waals surface area contributed by atoms with Gasteiger partial charge in [-0.25, -0.2) is 13.6 Å². The van der Waals surface area contributed by atoms with Gasteiger partial charge in [-0.15, -0.1) is 11.3 Å². The fourth-order valence-electron chi connectivity index (χ4n) is 4.47. The number of benzene rings is 2. The fraction of sp³-hybridized carbons (Fsp3) is 0.345. The van der Waals surface area contributed by atoms with E-state index in [0.717, 1.165) is 32.7 Å². The summed E-state index contributed by atoms with van der Waals surface area (Å²) in [6.45, 7) is 2.94. The molecule has 0 fully saturated rings. The maximum absolute atomic E-state index is 14.6. The van der Waals surface area contributed by atoms with Crippen LogP contribution in [0.25, 0.3) is 20.7 Å². The molecule has 0 saturated heterocycles. The Morgan fingerprint density at radius 2 is 1.72 bits per heavy atom. The molecule has 206 valence electrons. The van der Waals surface area contributed by atoms with E-state index in [0.29, 0.717) is 48.3 Å². The Morgan fingerprint density at radius 1 is 1.05 bits per heavy atom. The zero-order valence-electron chi connectivity index (χ0n) is 22.4. The minimum absolute atomic E-state index is 0.137. The highest BCUT2D eigenvalue weighted by Crippen LogP contribution is 2.38. The molecule has 4 rings (SSSR count). The first-order chi connectivity index (χ1) is 18.7. The van der Waals surface area contributed by atoms with Crippen molar-refractivity contribution >= 4 is 27.3 Å². The number of likely N-dealkylation sites (N-methyl/N-ethyl adjacent to an activating group) is 1. The number of carbonyl (C=O) groups is 1. The Kier molecular flexibility index (Phi) is 8.89. The smallest absolute Gasteiger partial charge is 0.332 e. The zero-order chi connectivity index (χ0) is 28.3. The molecular formula is C29H31F2N3O4S. The summed E-state index contributed by atoms with van der Waals surface area (Å²) in [6, 6.07) is 11.1. The number of hydrogen-bond donors (Lipinski definition) is 0. The highest BCUT2D eigenvalue weighted by atomic mass is 32.1. The topological polar surface area (TPSA) is 73.5 Å². The van der Waals surface area contributed by atoms with Crippen LogP contribution in [0.2, 0.25) is 0 Å². The lowest BCUT2D eigenvalue weighted by molar-refractivity contribution is -0.118. The number of fused-ring (bicyclic) bond motifs is 1. The number of nitrogens with zero attached hydrogens (tertiary/aromatic N) is 3. The van der Waals surface area contributed by atoms with Crippen LogP contribution in [0.5, 0.6) is 0 Å². The van der Waals surface area contributed by atoms with Gasteiger partial charge < -0.3 is 4.74 Å². The third-order valence-corrected chi connectivity index (χ3v) is 8.07. The van der Waals surface area contributed by atoms with Crippen LogP contribution in [-0.2, 0) is 36.1 Å². The normalized spacial score (nSPS) is 11.6. The van der Waals surface area contributed by atoms with Gasteiger partial charge in [-0.1, -0.05) is 37.3 Å². The number of Topliss-reactive ketones (excluding diaryl/α,β-unsaturated/α-hetero) is 1. The van der Waals surface area contributed by atoms with Gasteiger partial charge in [-0.05, 0) is 35.9 Å². The summed E-state index contributed by atoms with van der Waals surface area (Å²) in [5.41, 5.74) is 1.04. The predicted octanol–water partition coefficient (Wildman–Crippen LogP) is 4.36. The van der Waals surface area contributed by atoms with Crippen molar-refractivity contribution in [2.24, 2.45) is 7.05 Å². The number of rotatable bonds is 11. The van der Waals surface area contributed by atoms with Gasteiger partial charge in [0, 0.05) is 50.5 Å². The molecule has 0 N–H and O–H groups in total. The van der Waals surface area contributed by atoms with Crippen LogP contribution < -0.4 is 11.2 Å². The molecule has 4 aromatic rings. The number of ether oxygens (including phenoxy) is 1. The van der Waals surface area contributed by atoms with E-state index in [9.17, 15) is 23.2 Å². The second kappa shape index (κ2) is 12.1. The van der Waals surface area contributed by atoms with Crippen molar-refractivity contribution < 1.29 is 18.3 Å². The van der Waals surface area contributed by atoms with E-state index < -0.39 is 22.9 Å². The lowest BCUT2D eigenvalue weighted by Gasteiger charge is -2.17. The molecule has 10 heteroatoms. The van der Waals surface area contributed by atoms with Crippen molar-refractivity contribution in [1.29, 1.82) is 0 Å². The summed E-state index contributed by atoms with van der Waals surface area (Å²) >= 11 is 1.24. The van der Waals surface area contributed by atoms with Gasteiger partial charge in [0.05, 0.1) is 18.5 Å². The van der Waals surface area contributed by atoms with Crippen LogP contribution in [-0.4, -0.2) is 47.1 Å². The molecular weight excluding hydrogens is 524 g/mol. The van der Waals surface area contributed by atoms with Crippen molar-refractivity contribution in [1.82, 2.24) is 14.0 Å². The molecule has 0 aliphatic carbocycles. The quantitative estimate of drug-likeness (QED) is 0.275. The Bertz CT molecular complexity index is 1600. The minimum Gasteiger partial charge on any atom is -0.383 e. The largest absolute Gasteiger partial charge is 0.383 e. The van der Waals surface area contributed by atoms with E-state index in [-0.39, 0.29) is 17.9 Å². The summed E-state index contributed by atoms with van der Waals surface area (Å²) < 4.78 is 36.6. The van der Waals surface area contributed by atoms with Crippen LogP contribution in [0.15, 0.2) is 52.1 Å². The molecule has 2 heterocycles. The third kappa shape index (κ3) is 5.93. The standard InChI is InChI=1S/C29H31F2N3O4S/c1-5-20(35)15-18-9-11-19(12-10-18)26-22(16-32(2)13-14-38-4)25-27(36)33(3)29(37)34(28(25)39-26)17-21-23(30)7-6-8-24(21)31/h6-12H,5,13-17H2,1-4H3. The molecule has 0 unspecified atom stereocenters. The molecule has 2 aromatic carbocycles. The average Bonchev–Trinajstić information content (AvgIpc) is 3.29. The molecule has 39 heavy (non-hydrogen) atoms. The first kappa shape index (κ1) is 28.5. The van der Waals surface area contributed by atoms with Gasteiger partial charge in [0.2, 0.25) is 0 Å². The van der Waals surface area contributed by atoms with E-state index in [2.05, 4.69) is 0 Å². The van der Waals surface area contributed by atoms with Crippen LogP contribution >= 0.6 is 11.3 Å². The highest BCUT2D eigenvalue weighted by molar-refractivity contribution is 7.22. The molecule has 0 atom stereocenters. The minimum atomic E-state index is -0.766. The van der Waals surface area contributed by atoms with E-state index in [1.165, 1.54) is 29.0 Å². The number of halogens is 2. The molecule has 0 saturated carbocycles. The molecule has 0 aliphatic rings. The average molecular weight is 556 g/mol. The van der Waals surface area contributed by atoms with Gasteiger partial charge in [0.25, 0.3) is 5.56 Å². The molecule has 0 spiro atoms. The van der Waals surface area contributed by atoms with Crippen molar-refractivity contribution in [3.05, 3.63) is 91.6 Å². The SMILES string of the molecule is CCC(=O)Cc1ccc(-c2sc3c(c2CN(C)CCOC)c(=O)n(C)c(=O)n3Cc2c(F)cccc2F)cc1. The first-order valence-corrected chi connectivity index (χ1v) is 13.4. The van der Waals surface area contributed by atoms with Gasteiger partial charge in [-0.3, -0.25) is 23.6 Å². The van der Waals surface area contributed by atoms with Gasteiger partial charge in [-0.2, -0.15) is 0 Å². The second-order valence-electron chi connectivity index (χ2n) is 9.52. The Morgan fingerprint density at radius 3 is 2.33 bits per heavy atom. The van der Waals surface area contributed by atoms with Crippen LogP contribution in [0.1, 0.15) is 30.0 Å². The van der Waals surface area contributed by atoms with Gasteiger partial charge in [0.15, 0.2) is 0 Å². The van der Waals surface area contributed by atoms with E-state index in [4.69, 9.17) is 4.74 Å². The van der Waals surface area contributed by atoms with E-state index in [1.54, 1.807) is 7.11 Å². The number of aromatic nitrogens is 2. The maximum Gasteiger partial charge on any atom is 0.332 e. The van der Waals surface area contributed by atoms with E-state index in [1.807, 2.05) is 43.1 Å². The highest BCUT2D eigenvalue weighted by Gasteiger charge is 2.24. The number of thiophene rings is 1. The van der Waals surface area contributed by atoms with Crippen molar-refractivity contribution in [3.63, 3.8) is 0 Å². The molecule has 0 amide bonds. The molecule has 7 nitrogen and oxygen atoms in total. The number of hydrogen-bond acceptors (Lipinski definition) is 6. The van der Waals surface area contributed by atoms with Crippen molar-refractivity contribution in [2.45, 2.75) is 32.9 Å². The summed E-state index contributed by atoms with van der Waals surface area (Å²) in [7, 11) is 4.88. The first-order valence-electron chi connectivity index (χ1n) is 12.6. The second-order valence-corrected chi connectivity index (χ2v) is 10.5. The Hall–Kier alpha value is -3.47. The molecule has 0 radical (unpaired) electrons. The zero-order valence-corrected chi connectivity index (χ0v) is 23.2. The lowest BCUT2D eigenvalue weighted by atomic mass is 10.0. The number of ketones is 1. The van der Waals surface area contributed by atoms with Gasteiger partial charge in [0.1, 0.15) is 22.2 Å². The van der Waals surface area contributed by atoms with E-state index >= 15 is 0 Å². The van der Waals surface area contributed by atoms with Gasteiger partial charge >= 0.3 is 5.69 Å². The van der Waals surface area contributed by atoms with Crippen LogP contribution in [0, 0.1) is 11.6 Å². The van der Waals surface area contributed by atoms with Crippen molar-refractivity contribution in [2.75, 3.05) is 27.3 Å². The number of methoxy groups -OCH3 is 1. The maximum atomic E-state index is 14.6. The summed E-state index contributed by atoms with van der Waals surface area (Å²) in [5.74, 6) is -1.40. The molecule has 2 aromatic heterocycles. The predicted molar refractivity (Wildman–Crippen MR) is 149 cm³/mol. The van der Waals surface area contributed by atoms with Crippen LogP contribution in [0.4, 0.5) is 8.78 Å². The molecule has 0 bridgehead atoms. The number of carbonyl (C=O) groups excluding carboxylic acids is 1. The Labute approximate surface area is 228 Å². The Balaban J connectivity index is 1.94. The third-order valence-electron chi connectivity index (χ3n) is 6.76. The monoisotopic (exact) mass is 555 g/mol. The summed E-state index contributed by atoms with van der Waals surface area (Å²) in [5, 5.41) is 0.336. The van der Waals surface area contributed by atoms with Crippen molar-refractivity contribution in [3.8, 4) is 10.4 Å².